The second-order valence-corrected chi connectivity index (χ2v) is 5.05. The lowest BCUT2D eigenvalue weighted by Crippen LogP contribution is -2.41. The summed E-state index contributed by atoms with van der Waals surface area (Å²) in [5.74, 6) is -0.435. The number of hydrogen-bond donors (Lipinski definition) is 2. The quantitative estimate of drug-likeness (QED) is 0.642. The highest BCUT2D eigenvalue weighted by Crippen LogP contribution is 2.09. The number of amides is 2. The second kappa shape index (κ2) is 10.6. The number of carbonyl (C=O) groups excluding carboxylic acids is 1. The van der Waals surface area contributed by atoms with E-state index in [-0.39, 0.29) is 12.5 Å². The minimum absolute atomic E-state index is 0.00543. The molecule has 112 valence electrons. The van der Waals surface area contributed by atoms with Crippen molar-refractivity contribution in [1.29, 1.82) is 0 Å². The van der Waals surface area contributed by atoms with Gasteiger partial charge in [0.25, 0.3) is 0 Å². The first-order chi connectivity index (χ1) is 9.01. The maximum absolute atomic E-state index is 11.9. The molecule has 0 aromatic carbocycles. The SMILES string of the molecule is CCCN(CCC)C(=O)NCCC(C)CCC(=O)O. The van der Waals surface area contributed by atoms with Gasteiger partial charge >= 0.3 is 12.0 Å². The van der Waals surface area contributed by atoms with Crippen LogP contribution in [0, 0.1) is 5.92 Å². The molecular formula is C14H28N2O3. The summed E-state index contributed by atoms with van der Waals surface area (Å²) in [5, 5.41) is 11.5. The molecule has 0 aliphatic heterocycles. The van der Waals surface area contributed by atoms with Crippen LogP contribution in [0.5, 0.6) is 0 Å². The Morgan fingerprint density at radius 3 is 2.21 bits per heavy atom. The van der Waals surface area contributed by atoms with Crippen molar-refractivity contribution in [3.63, 3.8) is 0 Å². The monoisotopic (exact) mass is 272 g/mol. The predicted octanol–water partition coefficient (Wildman–Crippen LogP) is 2.71. The fourth-order valence-corrected chi connectivity index (χ4v) is 1.91. The Morgan fingerprint density at radius 1 is 1.16 bits per heavy atom. The van der Waals surface area contributed by atoms with Crippen molar-refractivity contribution in [1.82, 2.24) is 10.2 Å². The summed E-state index contributed by atoms with van der Waals surface area (Å²) in [4.78, 5) is 24.2. The molecule has 0 heterocycles. The van der Waals surface area contributed by atoms with E-state index in [1.54, 1.807) is 0 Å². The molecule has 19 heavy (non-hydrogen) atoms. The minimum Gasteiger partial charge on any atom is -0.481 e. The first-order valence-corrected chi connectivity index (χ1v) is 7.25. The topological polar surface area (TPSA) is 69.6 Å². The van der Waals surface area contributed by atoms with Crippen molar-refractivity contribution in [3.8, 4) is 0 Å². The van der Waals surface area contributed by atoms with Crippen molar-refractivity contribution in [2.24, 2.45) is 5.92 Å². The molecule has 1 unspecified atom stereocenters. The van der Waals surface area contributed by atoms with E-state index in [0.29, 0.717) is 18.9 Å². The molecule has 0 bridgehead atoms. The molecule has 2 N–H and O–H groups in total. The smallest absolute Gasteiger partial charge is 0.317 e. The molecule has 0 spiro atoms. The molecule has 5 heteroatoms. The Morgan fingerprint density at radius 2 is 1.74 bits per heavy atom. The van der Waals surface area contributed by atoms with Crippen LogP contribution in [0.15, 0.2) is 0 Å². The molecule has 0 aromatic rings. The summed E-state index contributed by atoms with van der Waals surface area (Å²) < 4.78 is 0. The molecule has 0 rings (SSSR count). The second-order valence-electron chi connectivity index (χ2n) is 5.05. The highest BCUT2D eigenvalue weighted by Gasteiger charge is 2.11. The summed E-state index contributed by atoms with van der Waals surface area (Å²) in [5.41, 5.74) is 0. The van der Waals surface area contributed by atoms with E-state index in [1.165, 1.54) is 0 Å². The molecule has 0 fully saturated rings. The van der Waals surface area contributed by atoms with Gasteiger partial charge in [-0.3, -0.25) is 4.79 Å². The maximum Gasteiger partial charge on any atom is 0.317 e. The number of nitrogens with one attached hydrogen (secondary N) is 1. The van der Waals surface area contributed by atoms with Crippen molar-refractivity contribution in [2.75, 3.05) is 19.6 Å². The third-order valence-electron chi connectivity index (χ3n) is 3.04. The summed E-state index contributed by atoms with van der Waals surface area (Å²) in [6.07, 6.45) is 3.61. The van der Waals surface area contributed by atoms with E-state index in [9.17, 15) is 9.59 Å². The number of rotatable bonds is 10. The van der Waals surface area contributed by atoms with Crippen LogP contribution in [0.2, 0.25) is 0 Å². The van der Waals surface area contributed by atoms with E-state index in [0.717, 1.165) is 32.4 Å². The summed E-state index contributed by atoms with van der Waals surface area (Å²) in [6, 6.07) is -0.00543. The van der Waals surface area contributed by atoms with Gasteiger partial charge in [0.15, 0.2) is 0 Å². The zero-order chi connectivity index (χ0) is 14.7. The summed E-state index contributed by atoms with van der Waals surface area (Å²) in [7, 11) is 0. The van der Waals surface area contributed by atoms with Gasteiger partial charge in [-0.25, -0.2) is 4.79 Å². The molecule has 0 radical (unpaired) electrons. The fourth-order valence-electron chi connectivity index (χ4n) is 1.91. The number of urea groups is 1. The molecule has 5 nitrogen and oxygen atoms in total. The summed E-state index contributed by atoms with van der Waals surface area (Å²) in [6.45, 7) is 8.32. The zero-order valence-corrected chi connectivity index (χ0v) is 12.4. The van der Waals surface area contributed by atoms with Crippen molar-refractivity contribution in [2.45, 2.75) is 52.9 Å². The normalized spacial score (nSPS) is 11.9. The lowest BCUT2D eigenvalue weighted by Gasteiger charge is -2.22. The van der Waals surface area contributed by atoms with Crippen LogP contribution in [0.25, 0.3) is 0 Å². The van der Waals surface area contributed by atoms with Crippen LogP contribution in [0.1, 0.15) is 52.9 Å². The van der Waals surface area contributed by atoms with Crippen LogP contribution in [0.4, 0.5) is 4.79 Å². The van der Waals surface area contributed by atoms with Crippen LogP contribution in [0.3, 0.4) is 0 Å². The molecular weight excluding hydrogens is 244 g/mol. The number of carboxylic acids is 1. The van der Waals surface area contributed by atoms with Gasteiger partial charge in [0, 0.05) is 26.1 Å². The third-order valence-corrected chi connectivity index (χ3v) is 3.04. The van der Waals surface area contributed by atoms with Crippen LogP contribution >= 0.6 is 0 Å². The zero-order valence-electron chi connectivity index (χ0n) is 12.4. The number of hydrogen-bond acceptors (Lipinski definition) is 2. The molecule has 0 aromatic heterocycles. The first kappa shape index (κ1) is 17.7. The highest BCUT2D eigenvalue weighted by molar-refractivity contribution is 5.74. The van der Waals surface area contributed by atoms with Crippen molar-refractivity contribution in [3.05, 3.63) is 0 Å². The number of carboxylic acid groups (broad SMARTS) is 1. The average Bonchev–Trinajstić information content (AvgIpc) is 2.36. The van der Waals surface area contributed by atoms with Crippen LogP contribution in [-0.4, -0.2) is 41.6 Å². The average molecular weight is 272 g/mol. The number of aliphatic carboxylic acids is 1. The number of nitrogens with zero attached hydrogens (tertiary/aromatic N) is 1. The fraction of sp³-hybridized carbons (Fsp3) is 0.857. The van der Waals surface area contributed by atoms with Gasteiger partial charge < -0.3 is 15.3 Å². The van der Waals surface area contributed by atoms with Crippen molar-refractivity contribution < 1.29 is 14.7 Å². The van der Waals surface area contributed by atoms with Crippen molar-refractivity contribution >= 4 is 12.0 Å². The van der Waals surface area contributed by atoms with Crippen LogP contribution in [-0.2, 0) is 4.79 Å². The van der Waals surface area contributed by atoms with E-state index >= 15 is 0 Å². The predicted molar refractivity (Wildman–Crippen MR) is 76.2 cm³/mol. The lowest BCUT2D eigenvalue weighted by molar-refractivity contribution is -0.137. The van der Waals surface area contributed by atoms with Gasteiger partial charge in [0.05, 0.1) is 0 Å². The van der Waals surface area contributed by atoms with E-state index < -0.39 is 5.97 Å². The first-order valence-electron chi connectivity index (χ1n) is 7.25. The molecule has 0 saturated heterocycles. The molecule has 2 amide bonds. The molecule has 1 atom stereocenters. The van der Waals surface area contributed by atoms with Gasteiger partial charge in [-0.2, -0.15) is 0 Å². The maximum atomic E-state index is 11.9. The minimum atomic E-state index is -0.757. The van der Waals surface area contributed by atoms with Gasteiger partial charge in [-0.15, -0.1) is 0 Å². The largest absolute Gasteiger partial charge is 0.481 e. The summed E-state index contributed by atoms with van der Waals surface area (Å²) >= 11 is 0. The van der Waals surface area contributed by atoms with Crippen LogP contribution < -0.4 is 5.32 Å². The highest BCUT2D eigenvalue weighted by atomic mass is 16.4. The van der Waals surface area contributed by atoms with Gasteiger partial charge in [-0.05, 0) is 31.6 Å². The third kappa shape index (κ3) is 9.33. The van der Waals surface area contributed by atoms with E-state index in [2.05, 4.69) is 19.2 Å². The lowest BCUT2D eigenvalue weighted by atomic mass is 10.0. The standard InChI is InChI=1S/C14H28N2O3/c1-4-10-16(11-5-2)14(19)15-9-8-12(3)6-7-13(17)18/h12H,4-11H2,1-3H3,(H,15,19)(H,17,18). The Hall–Kier alpha value is -1.26. The molecule has 0 aliphatic rings. The molecule has 0 saturated carbocycles. The van der Waals surface area contributed by atoms with Gasteiger partial charge in [0.1, 0.15) is 0 Å². The number of carbonyl (C=O) groups is 2. The Labute approximate surface area is 116 Å². The Balaban J connectivity index is 3.84. The Bertz CT molecular complexity index is 263. The van der Waals surface area contributed by atoms with E-state index in [1.807, 2.05) is 11.8 Å². The van der Waals surface area contributed by atoms with Gasteiger partial charge in [-0.1, -0.05) is 20.8 Å². The van der Waals surface area contributed by atoms with E-state index in [4.69, 9.17) is 5.11 Å². The Kier molecular flexibility index (Phi) is 9.94. The van der Waals surface area contributed by atoms with Gasteiger partial charge in [0.2, 0.25) is 0 Å². The molecule has 0 aliphatic carbocycles.